The van der Waals surface area contributed by atoms with Crippen molar-refractivity contribution in [2.24, 2.45) is 0 Å². The molecule has 1 amide bonds. The van der Waals surface area contributed by atoms with Gasteiger partial charge in [0, 0.05) is 25.1 Å². The van der Waals surface area contributed by atoms with Crippen LogP contribution in [-0.4, -0.2) is 37.4 Å². The van der Waals surface area contributed by atoms with Gasteiger partial charge in [-0.1, -0.05) is 12.1 Å². The van der Waals surface area contributed by atoms with Gasteiger partial charge in [-0.2, -0.15) is 0 Å². The highest BCUT2D eigenvalue weighted by Gasteiger charge is 2.11. The van der Waals surface area contributed by atoms with E-state index in [0.717, 1.165) is 0 Å². The van der Waals surface area contributed by atoms with Gasteiger partial charge < -0.3 is 14.4 Å². The van der Waals surface area contributed by atoms with Crippen LogP contribution >= 0.6 is 0 Å². The van der Waals surface area contributed by atoms with E-state index in [9.17, 15) is 9.59 Å². The van der Waals surface area contributed by atoms with E-state index in [-0.39, 0.29) is 11.7 Å². The van der Waals surface area contributed by atoms with E-state index >= 15 is 0 Å². The summed E-state index contributed by atoms with van der Waals surface area (Å²) in [7, 11) is 3.26. The minimum atomic E-state index is -0.0203. The quantitative estimate of drug-likeness (QED) is 0.545. The monoisotopic (exact) mass is 342 g/mol. The number of nitrogens with zero attached hydrogens (tertiary/aromatic N) is 2. The highest BCUT2D eigenvalue weighted by Crippen LogP contribution is 2.17. The van der Waals surface area contributed by atoms with Crippen LogP contribution in [0.15, 0.2) is 42.6 Å². The fraction of sp³-hybridized carbons (Fsp3) is 0.316. The predicted octanol–water partition coefficient (Wildman–Crippen LogP) is 3.11. The Balaban J connectivity index is 1.79. The molecular formula is C19H22N2O4. The number of amides is 1. The van der Waals surface area contributed by atoms with Crippen LogP contribution in [0.4, 0.5) is 5.69 Å². The number of pyridine rings is 1. The molecule has 0 atom stereocenters. The maximum absolute atomic E-state index is 12.2. The first-order valence-electron chi connectivity index (χ1n) is 8.01. The Labute approximate surface area is 147 Å². The second kappa shape index (κ2) is 8.82. The van der Waals surface area contributed by atoms with Gasteiger partial charge in [-0.15, -0.1) is 0 Å². The molecule has 2 rings (SSSR count). The molecule has 0 aliphatic carbocycles. The Kier molecular flexibility index (Phi) is 6.51. The van der Waals surface area contributed by atoms with Gasteiger partial charge in [0.05, 0.1) is 25.6 Å². The lowest BCUT2D eigenvalue weighted by molar-refractivity contribution is -0.118. The van der Waals surface area contributed by atoms with Crippen molar-refractivity contribution in [2.75, 3.05) is 25.7 Å². The molecule has 1 aromatic carbocycles. The van der Waals surface area contributed by atoms with Crippen molar-refractivity contribution in [1.29, 1.82) is 0 Å². The zero-order valence-corrected chi connectivity index (χ0v) is 14.7. The van der Waals surface area contributed by atoms with Crippen LogP contribution in [0.1, 0.15) is 30.1 Å². The Morgan fingerprint density at radius 1 is 1.20 bits per heavy atom. The van der Waals surface area contributed by atoms with E-state index in [1.807, 2.05) is 0 Å². The Hall–Kier alpha value is -2.89. The van der Waals surface area contributed by atoms with Crippen molar-refractivity contribution < 1.29 is 19.1 Å². The van der Waals surface area contributed by atoms with Crippen LogP contribution in [0.3, 0.4) is 0 Å². The third-order valence-electron chi connectivity index (χ3n) is 3.74. The molecule has 0 bridgehead atoms. The highest BCUT2D eigenvalue weighted by atomic mass is 16.5. The number of anilines is 1. The van der Waals surface area contributed by atoms with Gasteiger partial charge in [0.1, 0.15) is 5.75 Å². The molecule has 0 N–H and O–H groups in total. The van der Waals surface area contributed by atoms with E-state index < -0.39 is 0 Å². The lowest BCUT2D eigenvalue weighted by atomic mass is 10.1. The number of aromatic nitrogens is 1. The average molecular weight is 342 g/mol. The number of methoxy groups -OCH3 is 1. The summed E-state index contributed by atoms with van der Waals surface area (Å²) in [5.74, 6) is 1.11. The molecule has 0 radical (unpaired) electrons. The summed E-state index contributed by atoms with van der Waals surface area (Å²) in [5.41, 5.74) is 1.32. The number of ketones is 1. The molecule has 0 saturated heterocycles. The third kappa shape index (κ3) is 5.31. The number of carbonyl (C=O) groups is 2. The zero-order chi connectivity index (χ0) is 18.2. The van der Waals surface area contributed by atoms with Crippen molar-refractivity contribution >= 4 is 17.4 Å². The second-order valence-electron chi connectivity index (χ2n) is 5.55. The molecule has 25 heavy (non-hydrogen) atoms. The van der Waals surface area contributed by atoms with Gasteiger partial charge in [0.2, 0.25) is 11.8 Å². The summed E-state index contributed by atoms with van der Waals surface area (Å²) in [5, 5.41) is 0. The lowest BCUT2D eigenvalue weighted by Crippen LogP contribution is -2.26. The van der Waals surface area contributed by atoms with Crippen molar-refractivity contribution in [2.45, 2.75) is 19.8 Å². The van der Waals surface area contributed by atoms with E-state index in [1.165, 1.54) is 6.92 Å². The summed E-state index contributed by atoms with van der Waals surface area (Å²) < 4.78 is 10.6. The largest absolute Gasteiger partial charge is 0.494 e. The van der Waals surface area contributed by atoms with Crippen molar-refractivity contribution in [1.82, 2.24) is 4.98 Å². The number of hydrogen-bond acceptors (Lipinski definition) is 5. The molecule has 0 spiro atoms. The third-order valence-corrected chi connectivity index (χ3v) is 3.74. The minimum absolute atomic E-state index is 0.00430. The molecule has 132 valence electrons. The Morgan fingerprint density at radius 3 is 2.64 bits per heavy atom. The van der Waals surface area contributed by atoms with Crippen LogP contribution in [-0.2, 0) is 4.79 Å². The van der Waals surface area contributed by atoms with Crippen molar-refractivity contribution in [3.8, 4) is 11.6 Å². The molecule has 1 aromatic heterocycles. The van der Waals surface area contributed by atoms with Gasteiger partial charge in [-0.25, -0.2) is 4.98 Å². The summed E-state index contributed by atoms with van der Waals surface area (Å²) >= 11 is 0. The maximum atomic E-state index is 12.2. The van der Waals surface area contributed by atoms with Crippen LogP contribution < -0.4 is 14.4 Å². The Morgan fingerprint density at radius 2 is 2.00 bits per heavy atom. The molecular weight excluding hydrogens is 320 g/mol. The highest BCUT2D eigenvalue weighted by molar-refractivity contribution is 5.94. The first kappa shape index (κ1) is 18.4. The maximum Gasteiger partial charge on any atom is 0.226 e. The normalized spacial score (nSPS) is 10.2. The first-order chi connectivity index (χ1) is 12.0. The van der Waals surface area contributed by atoms with Crippen LogP contribution in [0.25, 0.3) is 0 Å². The molecule has 1 heterocycles. The SMILES string of the molecule is COc1ccc(N(C)C(=O)CCCOc2cccc(C(C)=O)c2)cn1. The molecule has 0 saturated carbocycles. The molecule has 0 fully saturated rings. The standard InChI is InChI=1S/C19H22N2O4/c1-14(22)15-6-4-7-17(12-15)25-11-5-8-19(23)21(2)16-9-10-18(24-3)20-13-16/h4,6-7,9-10,12-13H,5,8,11H2,1-3H3. The second-order valence-corrected chi connectivity index (χ2v) is 5.55. The topological polar surface area (TPSA) is 68.7 Å². The van der Waals surface area contributed by atoms with Crippen LogP contribution in [0.5, 0.6) is 11.6 Å². The lowest BCUT2D eigenvalue weighted by Gasteiger charge is -2.17. The van der Waals surface area contributed by atoms with E-state index in [2.05, 4.69) is 4.98 Å². The van der Waals surface area contributed by atoms with Crippen LogP contribution in [0.2, 0.25) is 0 Å². The number of carbonyl (C=O) groups excluding carboxylic acids is 2. The van der Waals surface area contributed by atoms with Crippen molar-refractivity contribution in [3.05, 3.63) is 48.2 Å². The summed E-state index contributed by atoms with van der Waals surface area (Å²) in [4.78, 5) is 29.2. The van der Waals surface area contributed by atoms with E-state index in [4.69, 9.17) is 9.47 Å². The van der Waals surface area contributed by atoms with Gasteiger partial charge in [-0.3, -0.25) is 9.59 Å². The number of ether oxygens (including phenoxy) is 2. The number of Topliss-reactive ketones (excluding diaryl/α,β-unsaturated/α-hetero) is 1. The van der Waals surface area contributed by atoms with E-state index in [1.54, 1.807) is 61.7 Å². The van der Waals surface area contributed by atoms with Gasteiger partial charge in [0.15, 0.2) is 5.78 Å². The number of rotatable bonds is 8. The first-order valence-corrected chi connectivity index (χ1v) is 8.01. The van der Waals surface area contributed by atoms with Crippen molar-refractivity contribution in [3.63, 3.8) is 0 Å². The van der Waals surface area contributed by atoms with Gasteiger partial charge >= 0.3 is 0 Å². The van der Waals surface area contributed by atoms with Crippen LogP contribution in [0, 0.1) is 0 Å². The number of benzene rings is 1. The Bertz CT molecular complexity index is 728. The average Bonchev–Trinajstić information content (AvgIpc) is 2.64. The fourth-order valence-corrected chi connectivity index (χ4v) is 2.22. The zero-order valence-electron chi connectivity index (χ0n) is 14.7. The molecule has 0 unspecified atom stereocenters. The number of hydrogen-bond donors (Lipinski definition) is 0. The summed E-state index contributed by atoms with van der Waals surface area (Å²) in [6, 6.07) is 10.5. The smallest absolute Gasteiger partial charge is 0.226 e. The minimum Gasteiger partial charge on any atom is -0.494 e. The molecule has 6 heteroatoms. The predicted molar refractivity (Wildman–Crippen MR) is 95.4 cm³/mol. The molecule has 0 aliphatic rings. The summed E-state index contributed by atoms with van der Waals surface area (Å²) in [6.45, 7) is 1.92. The molecule has 0 aliphatic heterocycles. The summed E-state index contributed by atoms with van der Waals surface area (Å²) in [6.07, 6.45) is 2.53. The molecule has 2 aromatic rings. The van der Waals surface area contributed by atoms with Gasteiger partial charge in [0.25, 0.3) is 0 Å². The molecule has 6 nitrogen and oxygen atoms in total. The van der Waals surface area contributed by atoms with E-state index in [0.29, 0.717) is 42.3 Å². The fourth-order valence-electron chi connectivity index (χ4n) is 2.22. The van der Waals surface area contributed by atoms with Gasteiger partial charge in [-0.05, 0) is 31.5 Å².